The van der Waals surface area contributed by atoms with Gasteiger partial charge < -0.3 is 15.2 Å². The van der Waals surface area contributed by atoms with E-state index >= 15 is 0 Å². The fourth-order valence-corrected chi connectivity index (χ4v) is 5.01. The van der Waals surface area contributed by atoms with Gasteiger partial charge in [0.1, 0.15) is 23.8 Å². The first-order chi connectivity index (χ1) is 19.7. The average Bonchev–Trinajstić information content (AvgIpc) is 3.53. The second kappa shape index (κ2) is 12.1. The summed E-state index contributed by atoms with van der Waals surface area (Å²) in [6, 6.07) is 13.5. The molecule has 2 heterocycles. The number of Topliss-reactive ketones (excluding diaryl/α,β-unsaturated/α-hetero) is 2. The van der Waals surface area contributed by atoms with E-state index in [2.05, 4.69) is 15.4 Å². The van der Waals surface area contributed by atoms with Crippen molar-refractivity contribution in [3.63, 3.8) is 0 Å². The van der Waals surface area contributed by atoms with Gasteiger partial charge in [-0.1, -0.05) is 29.8 Å². The lowest BCUT2D eigenvalue weighted by Crippen LogP contribution is -2.43. The molecule has 1 saturated carbocycles. The van der Waals surface area contributed by atoms with Crippen LogP contribution in [-0.4, -0.2) is 55.6 Å². The molecule has 0 unspecified atom stereocenters. The molecule has 0 bridgehead atoms. The summed E-state index contributed by atoms with van der Waals surface area (Å²) in [5.41, 5.74) is 2.62. The van der Waals surface area contributed by atoms with Crippen molar-refractivity contribution < 1.29 is 23.6 Å². The maximum absolute atomic E-state index is 14.2. The monoisotopic (exact) mass is 577 g/mol. The maximum Gasteiger partial charge on any atom is 0.245 e. The van der Waals surface area contributed by atoms with Gasteiger partial charge in [0.05, 0.1) is 17.1 Å². The number of ketones is 2. The molecule has 0 saturated heterocycles. The molecule has 0 atom stereocenters. The summed E-state index contributed by atoms with van der Waals surface area (Å²) in [5.74, 6) is -1.57. The number of amides is 2. The smallest absolute Gasteiger partial charge is 0.245 e. The minimum atomic E-state index is -0.593. The minimum Gasteiger partial charge on any atom is -0.365 e. The van der Waals surface area contributed by atoms with Crippen LogP contribution in [0.3, 0.4) is 0 Å². The van der Waals surface area contributed by atoms with Crippen molar-refractivity contribution in [1.82, 2.24) is 25.0 Å². The number of hydrogen-bond donors (Lipinski definition) is 2. The molecule has 1 fully saturated rings. The Hall–Kier alpha value is -4.31. The zero-order chi connectivity index (χ0) is 29.1. The minimum absolute atomic E-state index is 0.0233. The molecule has 1 aliphatic rings. The quantitative estimate of drug-likeness (QED) is 0.247. The zero-order valence-corrected chi connectivity index (χ0v) is 23.2. The van der Waals surface area contributed by atoms with Crippen LogP contribution in [0.1, 0.15) is 47.1 Å². The molecule has 2 N–H and O–H groups in total. The molecule has 2 amide bonds. The number of fused-ring (bicyclic) bond motifs is 1. The highest BCUT2D eigenvalue weighted by Gasteiger charge is 2.34. The number of aromatic amines is 1. The molecule has 212 valence electrons. The van der Waals surface area contributed by atoms with Crippen molar-refractivity contribution in [2.45, 2.75) is 51.7 Å². The summed E-state index contributed by atoms with van der Waals surface area (Å²) >= 11 is 5.82. The molecule has 1 aliphatic carbocycles. The first-order valence-electron chi connectivity index (χ1n) is 13.3. The van der Waals surface area contributed by atoms with Gasteiger partial charge in [0, 0.05) is 55.2 Å². The van der Waals surface area contributed by atoms with Gasteiger partial charge in [0.15, 0.2) is 5.78 Å². The number of nitrogens with zero attached hydrogens (tertiary/aromatic N) is 3. The molecule has 11 heteroatoms. The van der Waals surface area contributed by atoms with E-state index in [0.717, 1.165) is 24.1 Å². The molecule has 9 nitrogen and oxygen atoms in total. The number of rotatable bonds is 12. The van der Waals surface area contributed by atoms with Crippen molar-refractivity contribution in [3.8, 4) is 0 Å². The van der Waals surface area contributed by atoms with E-state index in [9.17, 15) is 23.6 Å². The van der Waals surface area contributed by atoms with Crippen molar-refractivity contribution in [1.29, 1.82) is 0 Å². The van der Waals surface area contributed by atoms with Crippen molar-refractivity contribution in [2.24, 2.45) is 0 Å². The van der Waals surface area contributed by atoms with Gasteiger partial charge in [-0.25, -0.2) is 4.39 Å². The Morgan fingerprint density at radius 3 is 2.63 bits per heavy atom. The van der Waals surface area contributed by atoms with E-state index in [4.69, 9.17) is 11.6 Å². The van der Waals surface area contributed by atoms with E-state index in [-0.39, 0.29) is 72.3 Å². The Labute approximate surface area is 240 Å². The van der Waals surface area contributed by atoms with E-state index in [1.165, 1.54) is 28.6 Å². The largest absolute Gasteiger partial charge is 0.365 e. The van der Waals surface area contributed by atoms with Gasteiger partial charge in [0.25, 0.3) is 0 Å². The number of nitrogens with one attached hydrogen (secondary N) is 2. The van der Waals surface area contributed by atoms with Crippen LogP contribution < -0.4 is 5.32 Å². The maximum atomic E-state index is 14.2. The third kappa shape index (κ3) is 6.71. The molecule has 2 aromatic heterocycles. The van der Waals surface area contributed by atoms with E-state index in [0.29, 0.717) is 10.9 Å². The standard InChI is InChI=1S/C30H29ClFN5O4/c1-18(38)30-24-13-19(12-23(39)14-21-5-3-11-33-21)7-10-26(24)37(35-30)17-28(41)36(22-8-9-22)16-27(40)34-15-20-4-2-6-25(31)29(20)32/h2-7,10-11,13,22,33H,8-9,12,14-17H2,1H3,(H,34,40). The van der Waals surface area contributed by atoms with Crippen LogP contribution in [0.4, 0.5) is 4.39 Å². The fourth-order valence-electron chi connectivity index (χ4n) is 4.81. The van der Waals surface area contributed by atoms with Gasteiger partial charge >= 0.3 is 0 Å². The lowest BCUT2D eigenvalue weighted by Gasteiger charge is -2.22. The zero-order valence-electron chi connectivity index (χ0n) is 22.5. The SMILES string of the molecule is CC(=O)c1nn(CC(=O)N(CC(=O)NCc2cccc(Cl)c2F)C2CC2)c2ccc(CC(=O)Cc3ccc[nH]3)cc12. The normalized spacial score (nSPS) is 12.9. The van der Waals surface area contributed by atoms with Gasteiger partial charge in [-0.3, -0.25) is 23.9 Å². The average molecular weight is 578 g/mol. The molecule has 4 aromatic rings. The predicted molar refractivity (Wildman–Crippen MR) is 151 cm³/mol. The molecule has 0 radical (unpaired) electrons. The van der Waals surface area contributed by atoms with Gasteiger partial charge in [-0.15, -0.1) is 0 Å². The summed E-state index contributed by atoms with van der Waals surface area (Å²) in [5, 5.41) is 7.61. The summed E-state index contributed by atoms with van der Waals surface area (Å²) in [4.78, 5) is 55.5. The van der Waals surface area contributed by atoms with Crippen LogP contribution >= 0.6 is 11.6 Å². The van der Waals surface area contributed by atoms with Gasteiger partial charge in [-0.2, -0.15) is 5.10 Å². The van der Waals surface area contributed by atoms with E-state index < -0.39 is 11.7 Å². The fraction of sp³-hybridized carbons (Fsp3) is 0.300. The van der Waals surface area contributed by atoms with Crippen molar-refractivity contribution in [3.05, 3.63) is 88.1 Å². The van der Waals surface area contributed by atoms with Gasteiger partial charge in [0.2, 0.25) is 11.8 Å². The van der Waals surface area contributed by atoms with Gasteiger partial charge in [-0.05, 0) is 48.7 Å². The molecular formula is C30H29ClFN5O4. The first kappa shape index (κ1) is 28.2. The molecular weight excluding hydrogens is 549 g/mol. The van der Waals surface area contributed by atoms with Crippen LogP contribution in [0.5, 0.6) is 0 Å². The van der Waals surface area contributed by atoms with E-state index in [1.54, 1.807) is 30.5 Å². The Balaban J connectivity index is 1.28. The lowest BCUT2D eigenvalue weighted by molar-refractivity contribution is -0.137. The number of aromatic nitrogens is 3. The third-order valence-electron chi connectivity index (χ3n) is 7.01. The van der Waals surface area contributed by atoms with Crippen LogP contribution in [0.25, 0.3) is 10.9 Å². The van der Waals surface area contributed by atoms with Crippen LogP contribution in [0.15, 0.2) is 54.7 Å². The highest BCUT2D eigenvalue weighted by atomic mass is 35.5. The topological polar surface area (TPSA) is 117 Å². The molecule has 41 heavy (non-hydrogen) atoms. The number of carbonyl (C=O) groups excluding carboxylic acids is 4. The Bertz CT molecular complexity index is 1630. The van der Waals surface area contributed by atoms with Crippen LogP contribution in [0.2, 0.25) is 5.02 Å². The van der Waals surface area contributed by atoms with Crippen LogP contribution in [0, 0.1) is 5.82 Å². The highest BCUT2D eigenvalue weighted by molar-refractivity contribution is 6.30. The lowest BCUT2D eigenvalue weighted by atomic mass is 10.0. The second-order valence-electron chi connectivity index (χ2n) is 10.2. The van der Waals surface area contributed by atoms with Crippen molar-refractivity contribution in [2.75, 3.05) is 6.54 Å². The predicted octanol–water partition coefficient (Wildman–Crippen LogP) is 4.02. The first-order valence-corrected chi connectivity index (χ1v) is 13.7. The number of benzene rings is 2. The second-order valence-corrected chi connectivity index (χ2v) is 10.7. The summed E-state index contributed by atoms with van der Waals surface area (Å²) < 4.78 is 15.6. The summed E-state index contributed by atoms with van der Waals surface area (Å²) in [6.45, 7) is 0.999. The Kier molecular flexibility index (Phi) is 8.30. The molecule has 5 rings (SSSR count). The van der Waals surface area contributed by atoms with E-state index in [1.807, 2.05) is 12.1 Å². The number of halogens is 2. The Morgan fingerprint density at radius 1 is 1.12 bits per heavy atom. The third-order valence-corrected chi connectivity index (χ3v) is 7.31. The summed E-state index contributed by atoms with van der Waals surface area (Å²) in [6.07, 6.45) is 3.79. The number of carbonyl (C=O) groups is 4. The highest BCUT2D eigenvalue weighted by Crippen LogP contribution is 2.28. The Morgan fingerprint density at radius 2 is 1.93 bits per heavy atom. The molecule has 0 aliphatic heterocycles. The molecule has 2 aromatic carbocycles. The number of H-pyrrole nitrogens is 1. The number of hydrogen-bond acceptors (Lipinski definition) is 5. The van der Waals surface area contributed by atoms with Crippen molar-refractivity contribution >= 4 is 45.9 Å². The summed E-state index contributed by atoms with van der Waals surface area (Å²) in [7, 11) is 0. The molecule has 0 spiro atoms. The van der Waals surface area contributed by atoms with Crippen LogP contribution in [-0.2, 0) is 40.3 Å².